The van der Waals surface area contributed by atoms with Crippen molar-refractivity contribution < 1.29 is 4.79 Å². The molecule has 3 rings (SSSR count). The summed E-state index contributed by atoms with van der Waals surface area (Å²) in [6, 6.07) is 16.5. The Morgan fingerprint density at radius 1 is 1.08 bits per heavy atom. The lowest BCUT2D eigenvalue weighted by atomic mass is 9.97. The van der Waals surface area contributed by atoms with Crippen molar-refractivity contribution in [3.05, 3.63) is 74.3 Å². The third kappa shape index (κ3) is 3.01. The van der Waals surface area contributed by atoms with E-state index in [-0.39, 0.29) is 17.2 Å². The number of nitrogens with one attached hydrogen (secondary N) is 1. The van der Waals surface area contributed by atoms with Gasteiger partial charge in [-0.3, -0.25) is 4.79 Å². The molecule has 0 aliphatic carbocycles. The topological polar surface area (TPSA) is 82.7 Å². The lowest BCUT2D eigenvalue weighted by molar-refractivity contribution is 0.103. The summed E-state index contributed by atoms with van der Waals surface area (Å²) in [4.78, 5) is 15.7. The first-order valence-corrected chi connectivity index (χ1v) is 8.57. The molecule has 3 aromatic rings. The van der Waals surface area contributed by atoms with Gasteiger partial charge in [0.15, 0.2) is 0 Å². The van der Waals surface area contributed by atoms with Gasteiger partial charge in [-0.1, -0.05) is 62.2 Å². The molecule has 0 saturated carbocycles. The van der Waals surface area contributed by atoms with Gasteiger partial charge in [0.05, 0.1) is 5.69 Å². The molecule has 0 radical (unpaired) electrons. The van der Waals surface area contributed by atoms with Crippen LogP contribution in [0.25, 0.3) is 11.1 Å². The summed E-state index contributed by atoms with van der Waals surface area (Å²) in [6.07, 6.45) is 0. The van der Waals surface area contributed by atoms with Gasteiger partial charge in [0.1, 0.15) is 17.5 Å². The van der Waals surface area contributed by atoms with E-state index < -0.39 is 0 Å². The van der Waals surface area contributed by atoms with Crippen LogP contribution < -0.4 is 5.73 Å². The van der Waals surface area contributed by atoms with Crippen LogP contribution in [0.15, 0.2) is 57.5 Å². The predicted octanol–water partition coefficient (Wildman–Crippen LogP) is 4.89. The molecular formula is C18H11Br2N3O. The maximum Gasteiger partial charge on any atom is 0.209 e. The van der Waals surface area contributed by atoms with Crippen LogP contribution in [-0.4, -0.2) is 10.8 Å². The number of nitrogens with zero attached hydrogens (tertiary/aromatic N) is 1. The van der Waals surface area contributed by atoms with Gasteiger partial charge in [-0.15, -0.1) is 0 Å². The lowest BCUT2D eigenvalue weighted by Gasteiger charge is -2.06. The van der Waals surface area contributed by atoms with Crippen molar-refractivity contribution in [2.24, 2.45) is 0 Å². The molecule has 24 heavy (non-hydrogen) atoms. The standard InChI is InChI=1S/C18H11Br2N3O/c19-12-6-11(7-13(20)8-12)15-14(9-21)18(22)23-16(15)17(24)10-4-2-1-3-5-10/h1-8,23H,22H2. The minimum Gasteiger partial charge on any atom is -0.384 e. The van der Waals surface area contributed by atoms with Crippen molar-refractivity contribution in [1.82, 2.24) is 4.98 Å². The van der Waals surface area contributed by atoms with Gasteiger partial charge in [-0.2, -0.15) is 5.26 Å². The molecule has 0 unspecified atom stereocenters. The van der Waals surface area contributed by atoms with Gasteiger partial charge in [0, 0.05) is 20.1 Å². The largest absolute Gasteiger partial charge is 0.384 e. The molecule has 2 aromatic carbocycles. The molecule has 118 valence electrons. The van der Waals surface area contributed by atoms with E-state index >= 15 is 0 Å². The van der Waals surface area contributed by atoms with Crippen LogP contribution in [0.5, 0.6) is 0 Å². The minimum atomic E-state index is -0.213. The van der Waals surface area contributed by atoms with Crippen molar-refractivity contribution in [3.8, 4) is 17.2 Å². The number of nitrogens with two attached hydrogens (primary N) is 1. The minimum absolute atomic E-state index is 0.183. The van der Waals surface area contributed by atoms with Crippen LogP contribution in [0.2, 0.25) is 0 Å². The number of ketones is 1. The van der Waals surface area contributed by atoms with E-state index in [9.17, 15) is 10.1 Å². The van der Waals surface area contributed by atoms with Crippen LogP contribution in [0.4, 0.5) is 5.82 Å². The number of carbonyl (C=O) groups is 1. The number of halogens is 2. The molecule has 1 heterocycles. The van der Waals surface area contributed by atoms with E-state index in [1.165, 1.54) is 0 Å². The molecule has 4 nitrogen and oxygen atoms in total. The fourth-order valence-corrected chi connectivity index (χ4v) is 3.82. The molecule has 0 aliphatic heterocycles. The zero-order chi connectivity index (χ0) is 17.3. The summed E-state index contributed by atoms with van der Waals surface area (Å²) in [5.74, 6) is -0.0298. The first kappa shape index (κ1) is 16.5. The summed E-state index contributed by atoms with van der Waals surface area (Å²) in [6.45, 7) is 0. The fourth-order valence-electron chi connectivity index (χ4n) is 2.53. The predicted molar refractivity (Wildman–Crippen MR) is 101 cm³/mol. The molecule has 6 heteroatoms. The Labute approximate surface area is 155 Å². The lowest BCUT2D eigenvalue weighted by Crippen LogP contribution is -2.03. The van der Waals surface area contributed by atoms with E-state index in [4.69, 9.17) is 5.73 Å². The van der Waals surface area contributed by atoms with E-state index in [2.05, 4.69) is 42.9 Å². The van der Waals surface area contributed by atoms with Gasteiger partial charge in [-0.05, 0) is 23.8 Å². The molecular weight excluding hydrogens is 434 g/mol. The number of H-pyrrole nitrogens is 1. The third-order valence-corrected chi connectivity index (χ3v) is 4.47. The second-order valence-corrected chi connectivity index (χ2v) is 6.96. The molecule has 0 spiro atoms. The highest BCUT2D eigenvalue weighted by Gasteiger charge is 2.23. The Morgan fingerprint density at radius 2 is 1.71 bits per heavy atom. The summed E-state index contributed by atoms with van der Waals surface area (Å²) < 4.78 is 1.65. The number of rotatable bonds is 3. The molecule has 0 bridgehead atoms. The van der Waals surface area contributed by atoms with Crippen LogP contribution in [0, 0.1) is 11.3 Å². The number of nitriles is 1. The van der Waals surface area contributed by atoms with Gasteiger partial charge >= 0.3 is 0 Å². The molecule has 0 amide bonds. The number of aromatic amines is 1. The number of hydrogen-bond donors (Lipinski definition) is 2. The van der Waals surface area contributed by atoms with Gasteiger partial charge in [-0.25, -0.2) is 0 Å². The fraction of sp³-hybridized carbons (Fsp3) is 0. The third-order valence-electron chi connectivity index (χ3n) is 3.56. The van der Waals surface area contributed by atoms with Crippen molar-refractivity contribution >= 4 is 43.5 Å². The Balaban J connectivity index is 2.25. The van der Waals surface area contributed by atoms with Crippen LogP contribution in [0.1, 0.15) is 21.6 Å². The average molecular weight is 445 g/mol. The number of anilines is 1. The first-order chi connectivity index (χ1) is 11.5. The van der Waals surface area contributed by atoms with Crippen molar-refractivity contribution in [1.29, 1.82) is 5.26 Å². The normalized spacial score (nSPS) is 10.4. The van der Waals surface area contributed by atoms with E-state index in [1.807, 2.05) is 24.3 Å². The second-order valence-electron chi connectivity index (χ2n) is 5.13. The summed E-state index contributed by atoms with van der Waals surface area (Å²) in [5.41, 5.74) is 8.25. The SMILES string of the molecule is N#Cc1c(N)[nH]c(C(=O)c2ccccc2)c1-c1cc(Br)cc(Br)c1. The first-order valence-electron chi connectivity index (χ1n) is 6.99. The number of hydrogen-bond acceptors (Lipinski definition) is 3. The van der Waals surface area contributed by atoms with E-state index in [0.29, 0.717) is 16.8 Å². The number of benzene rings is 2. The van der Waals surface area contributed by atoms with Gasteiger partial charge in [0.25, 0.3) is 0 Å². The average Bonchev–Trinajstić information content (AvgIpc) is 2.90. The highest BCUT2D eigenvalue weighted by molar-refractivity contribution is 9.11. The van der Waals surface area contributed by atoms with Gasteiger partial charge < -0.3 is 10.7 Å². The molecule has 0 saturated heterocycles. The zero-order valence-electron chi connectivity index (χ0n) is 12.3. The smallest absolute Gasteiger partial charge is 0.209 e. The van der Waals surface area contributed by atoms with Gasteiger partial charge in [0.2, 0.25) is 5.78 Å². The summed E-state index contributed by atoms with van der Waals surface area (Å²) in [7, 11) is 0. The monoisotopic (exact) mass is 443 g/mol. The second kappa shape index (κ2) is 6.63. The maximum atomic E-state index is 12.9. The summed E-state index contributed by atoms with van der Waals surface area (Å²) >= 11 is 6.86. The number of nitrogen functional groups attached to an aromatic ring is 1. The quantitative estimate of drug-likeness (QED) is 0.564. The number of carbonyl (C=O) groups excluding carboxylic acids is 1. The molecule has 0 aliphatic rings. The van der Waals surface area contributed by atoms with Crippen LogP contribution in [0.3, 0.4) is 0 Å². The zero-order valence-corrected chi connectivity index (χ0v) is 15.5. The Morgan fingerprint density at radius 3 is 2.29 bits per heavy atom. The van der Waals surface area contributed by atoms with Crippen LogP contribution >= 0.6 is 31.9 Å². The molecule has 1 aromatic heterocycles. The summed E-state index contributed by atoms with van der Waals surface area (Å²) in [5, 5.41) is 9.48. The van der Waals surface area contributed by atoms with Crippen molar-refractivity contribution in [2.45, 2.75) is 0 Å². The molecule has 0 fully saturated rings. The van der Waals surface area contributed by atoms with Crippen molar-refractivity contribution in [2.75, 3.05) is 5.73 Å². The molecule has 0 atom stereocenters. The van der Waals surface area contributed by atoms with Crippen LogP contribution in [-0.2, 0) is 0 Å². The molecule has 3 N–H and O–H groups in total. The van der Waals surface area contributed by atoms with Crippen molar-refractivity contribution in [3.63, 3.8) is 0 Å². The highest BCUT2D eigenvalue weighted by atomic mass is 79.9. The number of aromatic nitrogens is 1. The van der Waals surface area contributed by atoms with E-state index in [0.717, 1.165) is 14.5 Å². The Bertz CT molecular complexity index is 952. The maximum absolute atomic E-state index is 12.9. The highest BCUT2D eigenvalue weighted by Crippen LogP contribution is 2.35. The Kier molecular flexibility index (Phi) is 4.56. The van der Waals surface area contributed by atoms with E-state index in [1.54, 1.807) is 24.3 Å². The Hall–Kier alpha value is -2.36.